The molecule has 0 bridgehead atoms. The lowest BCUT2D eigenvalue weighted by atomic mass is 10.1. The zero-order chi connectivity index (χ0) is 25.5. The van der Waals surface area contributed by atoms with E-state index in [2.05, 4.69) is 25.8 Å². The van der Waals surface area contributed by atoms with Crippen LogP contribution < -0.4 is 10.6 Å². The van der Waals surface area contributed by atoms with Gasteiger partial charge in [-0.05, 0) is 39.6 Å². The molecule has 0 saturated carbocycles. The number of anilines is 1. The number of thiazole rings is 1. The summed E-state index contributed by atoms with van der Waals surface area (Å²) in [6.45, 7) is 5.65. The van der Waals surface area contributed by atoms with E-state index in [1.165, 1.54) is 0 Å². The average Bonchev–Trinajstić information content (AvgIpc) is 3.42. The van der Waals surface area contributed by atoms with Gasteiger partial charge >= 0.3 is 5.97 Å². The van der Waals surface area contributed by atoms with Gasteiger partial charge in [0.15, 0.2) is 5.13 Å². The second-order valence-electron chi connectivity index (χ2n) is 7.97. The number of hydrogen-bond acceptors (Lipinski definition) is 10. The van der Waals surface area contributed by atoms with Crippen molar-refractivity contribution in [2.45, 2.75) is 33.2 Å². The summed E-state index contributed by atoms with van der Waals surface area (Å²) in [7, 11) is 3.46. The van der Waals surface area contributed by atoms with E-state index in [0.29, 0.717) is 46.4 Å². The minimum Gasteiger partial charge on any atom is -0.461 e. The number of rotatable bonds is 10. The van der Waals surface area contributed by atoms with Crippen LogP contribution in [0.15, 0.2) is 28.8 Å². The molecule has 0 saturated heterocycles. The first-order chi connectivity index (χ1) is 16.7. The number of aromatic nitrogens is 3. The van der Waals surface area contributed by atoms with E-state index < -0.39 is 12.0 Å². The molecular weight excluding hydrogens is 472 g/mol. The van der Waals surface area contributed by atoms with Crippen molar-refractivity contribution in [3.05, 3.63) is 46.3 Å². The van der Waals surface area contributed by atoms with Gasteiger partial charge in [0.05, 0.1) is 12.3 Å². The SMILES string of the molecule is CCCOC(=O)c1sc(NC(=O)[C@H](CNC(=O)c2cccc(-c3noc(C)n3)c2)N(C)C)nc1C. The molecule has 1 aromatic carbocycles. The zero-order valence-electron chi connectivity index (χ0n) is 20.2. The van der Waals surface area contributed by atoms with Gasteiger partial charge in [0.2, 0.25) is 17.6 Å². The van der Waals surface area contributed by atoms with E-state index in [1.807, 2.05) is 6.92 Å². The molecule has 2 heterocycles. The van der Waals surface area contributed by atoms with E-state index in [9.17, 15) is 14.4 Å². The van der Waals surface area contributed by atoms with Crippen LogP contribution in [0.1, 0.15) is 45.0 Å². The number of ether oxygens (including phenoxy) is 1. The Hall–Kier alpha value is -3.64. The fourth-order valence-electron chi connectivity index (χ4n) is 3.11. The maximum absolute atomic E-state index is 12.9. The molecule has 2 N–H and O–H groups in total. The second-order valence-corrected chi connectivity index (χ2v) is 8.97. The number of esters is 1. The molecule has 0 unspecified atom stereocenters. The number of likely N-dealkylation sites (N-methyl/N-ethyl adjacent to an activating group) is 1. The van der Waals surface area contributed by atoms with E-state index in [4.69, 9.17) is 9.26 Å². The molecule has 0 fully saturated rings. The summed E-state index contributed by atoms with van der Waals surface area (Å²) in [5, 5.41) is 9.68. The summed E-state index contributed by atoms with van der Waals surface area (Å²) in [6, 6.07) is 6.14. The molecule has 0 aliphatic heterocycles. The first-order valence-corrected chi connectivity index (χ1v) is 11.8. The maximum atomic E-state index is 12.9. The van der Waals surface area contributed by atoms with Crippen molar-refractivity contribution in [3.8, 4) is 11.4 Å². The quantitative estimate of drug-likeness (QED) is 0.402. The monoisotopic (exact) mass is 500 g/mol. The number of nitrogens with one attached hydrogen (secondary N) is 2. The Morgan fingerprint density at radius 3 is 2.63 bits per heavy atom. The Morgan fingerprint density at radius 2 is 1.97 bits per heavy atom. The van der Waals surface area contributed by atoms with Crippen molar-refractivity contribution in [2.75, 3.05) is 32.6 Å². The lowest BCUT2D eigenvalue weighted by molar-refractivity contribution is -0.120. The van der Waals surface area contributed by atoms with E-state index in [-0.39, 0.29) is 23.5 Å². The van der Waals surface area contributed by atoms with Gasteiger partial charge < -0.3 is 19.9 Å². The highest BCUT2D eigenvalue weighted by Gasteiger charge is 2.25. The number of hydrogen-bond donors (Lipinski definition) is 2. The highest BCUT2D eigenvalue weighted by Crippen LogP contribution is 2.24. The Balaban J connectivity index is 1.64. The summed E-state index contributed by atoms with van der Waals surface area (Å²) in [6.07, 6.45) is 0.713. The highest BCUT2D eigenvalue weighted by atomic mass is 32.1. The smallest absolute Gasteiger partial charge is 0.350 e. The zero-order valence-corrected chi connectivity index (χ0v) is 21.1. The molecule has 35 heavy (non-hydrogen) atoms. The number of carbonyl (C=O) groups is 3. The number of aryl methyl sites for hydroxylation is 2. The van der Waals surface area contributed by atoms with Crippen LogP contribution in [-0.4, -0.2) is 71.1 Å². The number of nitrogens with zero attached hydrogens (tertiary/aromatic N) is 4. The normalized spacial score (nSPS) is 11.8. The number of amides is 2. The summed E-state index contributed by atoms with van der Waals surface area (Å²) in [5.74, 6) is -0.363. The van der Waals surface area contributed by atoms with Crippen LogP contribution in [0.25, 0.3) is 11.4 Å². The third-order valence-corrected chi connectivity index (χ3v) is 5.99. The predicted molar refractivity (Wildman–Crippen MR) is 130 cm³/mol. The molecule has 12 heteroatoms. The molecule has 1 atom stereocenters. The van der Waals surface area contributed by atoms with Crippen LogP contribution in [0.2, 0.25) is 0 Å². The Labute approximate surface area is 206 Å². The third-order valence-electron chi connectivity index (χ3n) is 4.94. The average molecular weight is 501 g/mol. The van der Waals surface area contributed by atoms with Crippen molar-refractivity contribution in [2.24, 2.45) is 0 Å². The van der Waals surface area contributed by atoms with Gasteiger partial charge in [-0.1, -0.05) is 35.5 Å². The van der Waals surface area contributed by atoms with Crippen molar-refractivity contribution < 1.29 is 23.6 Å². The molecule has 0 aliphatic carbocycles. The van der Waals surface area contributed by atoms with Gasteiger partial charge in [-0.25, -0.2) is 9.78 Å². The molecule has 0 spiro atoms. The minimum absolute atomic E-state index is 0.0545. The summed E-state index contributed by atoms with van der Waals surface area (Å²) in [4.78, 5) is 48.3. The molecule has 2 amide bonds. The third kappa shape index (κ3) is 6.70. The Morgan fingerprint density at radius 1 is 1.20 bits per heavy atom. The molecule has 3 aromatic rings. The van der Waals surface area contributed by atoms with Crippen LogP contribution in [0.3, 0.4) is 0 Å². The number of carbonyl (C=O) groups excluding carboxylic acids is 3. The molecule has 3 rings (SSSR count). The van der Waals surface area contributed by atoms with E-state index >= 15 is 0 Å². The van der Waals surface area contributed by atoms with Crippen molar-refractivity contribution in [1.29, 1.82) is 0 Å². The van der Waals surface area contributed by atoms with Gasteiger partial charge in [0.25, 0.3) is 5.91 Å². The highest BCUT2D eigenvalue weighted by molar-refractivity contribution is 7.17. The van der Waals surface area contributed by atoms with Gasteiger partial charge in [-0.15, -0.1) is 0 Å². The van der Waals surface area contributed by atoms with Crippen molar-refractivity contribution in [3.63, 3.8) is 0 Å². The summed E-state index contributed by atoms with van der Waals surface area (Å²) < 4.78 is 10.2. The van der Waals surface area contributed by atoms with Gasteiger partial charge in [0.1, 0.15) is 10.9 Å². The van der Waals surface area contributed by atoms with Crippen molar-refractivity contribution in [1.82, 2.24) is 25.3 Å². The lowest BCUT2D eigenvalue weighted by Crippen LogP contribution is -2.47. The Kier molecular flexibility index (Phi) is 8.66. The molecule has 186 valence electrons. The van der Waals surface area contributed by atoms with Crippen LogP contribution in [0.4, 0.5) is 5.13 Å². The van der Waals surface area contributed by atoms with Crippen LogP contribution in [0, 0.1) is 13.8 Å². The number of benzene rings is 1. The van der Waals surface area contributed by atoms with E-state index in [1.54, 1.807) is 57.1 Å². The second kappa shape index (κ2) is 11.7. The summed E-state index contributed by atoms with van der Waals surface area (Å²) in [5.41, 5.74) is 1.52. The van der Waals surface area contributed by atoms with Gasteiger partial charge in [-0.3, -0.25) is 14.5 Å². The van der Waals surface area contributed by atoms with Crippen LogP contribution in [0.5, 0.6) is 0 Å². The molecule has 2 aromatic heterocycles. The van der Waals surface area contributed by atoms with Gasteiger partial charge in [-0.2, -0.15) is 4.98 Å². The molecule has 0 aliphatic rings. The van der Waals surface area contributed by atoms with Crippen molar-refractivity contribution >= 4 is 34.3 Å². The minimum atomic E-state index is -0.679. The summed E-state index contributed by atoms with van der Waals surface area (Å²) >= 11 is 1.06. The fraction of sp³-hybridized carbons (Fsp3) is 0.391. The molecular formula is C23H28N6O5S. The maximum Gasteiger partial charge on any atom is 0.350 e. The van der Waals surface area contributed by atoms with Crippen LogP contribution >= 0.6 is 11.3 Å². The van der Waals surface area contributed by atoms with Crippen LogP contribution in [-0.2, 0) is 9.53 Å². The lowest BCUT2D eigenvalue weighted by Gasteiger charge is -2.23. The molecule has 0 radical (unpaired) electrons. The standard InChI is InChI=1S/C23H28N6O5S/c1-6-10-33-22(32)18-13(2)25-23(35-18)27-21(31)17(29(4)5)12-24-20(30)16-9-7-8-15(11-16)19-26-14(3)34-28-19/h7-9,11,17H,6,10,12H2,1-5H3,(H,24,30)(H,25,27,31)/t17-/m0/s1. The van der Waals surface area contributed by atoms with E-state index in [0.717, 1.165) is 11.3 Å². The largest absolute Gasteiger partial charge is 0.461 e. The first kappa shape index (κ1) is 26.0. The fourth-order valence-corrected chi connectivity index (χ4v) is 3.97. The van der Waals surface area contributed by atoms with Gasteiger partial charge in [0, 0.05) is 24.6 Å². The first-order valence-electron chi connectivity index (χ1n) is 11.0. The Bertz CT molecular complexity index is 1200. The predicted octanol–water partition coefficient (Wildman–Crippen LogP) is 2.68. The molecule has 11 nitrogen and oxygen atoms in total. The topological polar surface area (TPSA) is 140 Å².